The number of halogens is 1. The summed E-state index contributed by atoms with van der Waals surface area (Å²) >= 11 is 6.33. The number of morpholine rings is 1. The van der Waals surface area contributed by atoms with Crippen molar-refractivity contribution in [1.82, 2.24) is 14.7 Å². The van der Waals surface area contributed by atoms with Crippen molar-refractivity contribution in [2.75, 3.05) is 19.7 Å². The standard InChI is InChI=1S/C13H20ClN3O3/c1-3-10-13(14)11(16(2)15-10)8-17-4-5-20-9(7-17)6-12(18)19/h9H,3-8H2,1-2H3,(H,18,19). The van der Waals surface area contributed by atoms with Crippen LogP contribution in [0.4, 0.5) is 0 Å². The lowest BCUT2D eigenvalue weighted by atomic mass is 10.2. The van der Waals surface area contributed by atoms with Gasteiger partial charge in [0.1, 0.15) is 0 Å². The maximum absolute atomic E-state index is 10.7. The number of carbonyl (C=O) groups is 1. The Kier molecular flexibility index (Phi) is 5.01. The molecule has 2 heterocycles. The Bertz CT molecular complexity index is 489. The van der Waals surface area contributed by atoms with Gasteiger partial charge >= 0.3 is 5.97 Å². The molecule has 1 aromatic heterocycles. The smallest absolute Gasteiger partial charge is 0.306 e. The van der Waals surface area contributed by atoms with E-state index in [2.05, 4.69) is 10.00 Å². The predicted molar refractivity (Wildman–Crippen MR) is 74.9 cm³/mol. The van der Waals surface area contributed by atoms with E-state index in [9.17, 15) is 4.79 Å². The highest BCUT2D eigenvalue weighted by Gasteiger charge is 2.24. The van der Waals surface area contributed by atoms with Gasteiger partial charge in [-0.25, -0.2) is 0 Å². The van der Waals surface area contributed by atoms with E-state index in [-0.39, 0.29) is 12.5 Å². The lowest BCUT2D eigenvalue weighted by Crippen LogP contribution is -2.43. The normalized spacial score (nSPS) is 20.2. The summed E-state index contributed by atoms with van der Waals surface area (Å²) in [6.45, 7) is 4.62. The number of hydrogen-bond acceptors (Lipinski definition) is 4. The van der Waals surface area contributed by atoms with E-state index in [1.54, 1.807) is 0 Å². The van der Waals surface area contributed by atoms with Gasteiger partial charge in [0, 0.05) is 26.7 Å². The first kappa shape index (κ1) is 15.3. The van der Waals surface area contributed by atoms with Crippen LogP contribution in [0.15, 0.2) is 0 Å². The molecule has 1 fully saturated rings. The van der Waals surface area contributed by atoms with Crippen LogP contribution in [-0.2, 0) is 29.5 Å². The summed E-state index contributed by atoms with van der Waals surface area (Å²) in [4.78, 5) is 12.9. The minimum Gasteiger partial charge on any atom is -0.481 e. The molecule has 0 radical (unpaired) electrons. The Morgan fingerprint density at radius 3 is 2.95 bits per heavy atom. The predicted octanol–water partition coefficient (Wildman–Crippen LogP) is 1.31. The first-order chi connectivity index (χ1) is 9.51. The molecule has 0 aliphatic carbocycles. The maximum Gasteiger partial charge on any atom is 0.306 e. The van der Waals surface area contributed by atoms with E-state index in [4.69, 9.17) is 21.4 Å². The van der Waals surface area contributed by atoms with Crippen LogP contribution in [0.25, 0.3) is 0 Å². The van der Waals surface area contributed by atoms with Gasteiger partial charge in [0.05, 0.1) is 35.5 Å². The number of carboxylic acid groups (broad SMARTS) is 1. The lowest BCUT2D eigenvalue weighted by molar-refractivity contribution is -0.142. The summed E-state index contributed by atoms with van der Waals surface area (Å²) in [5.41, 5.74) is 1.87. The van der Waals surface area contributed by atoms with Gasteiger partial charge in [0.15, 0.2) is 0 Å². The lowest BCUT2D eigenvalue weighted by Gasteiger charge is -2.32. The van der Waals surface area contributed by atoms with E-state index in [1.807, 2.05) is 18.7 Å². The van der Waals surface area contributed by atoms with Crippen molar-refractivity contribution in [3.63, 3.8) is 0 Å². The number of hydrogen-bond donors (Lipinski definition) is 1. The number of aliphatic carboxylic acids is 1. The molecule has 1 N–H and O–H groups in total. The molecule has 1 aromatic rings. The fourth-order valence-corrected chi connectivity index (χ4v) is 2.80. The summed E-state index contributed by atoms with van der Waals surface area (Å²) in [6, 6.07) is 0. The van der Waals surface area contributed by atoms with Gasteiger partial charge in [-0.3, -0.25) is 14.4 Å². The number of carboxylic acids is 1. The summed E-state index contributed by atoms with van der Waals surface area (Å²) in [5.74, 6) is -0.830. The zero-order valence-electron chi connectivity index (χ0n) is 11.8. The molecule has 20 heavy (non-hydrogen) atoms. The highest BCUT2D eigenvalue weighted by molar-refractivity contribution is 6.31. The van der Waals surface area contributed by atoms with Crippen LogP contribution in [0, 0.1) is 0 Å². The summed E-state index contributed by atoms with van der Waals surface area (Å²) in [6.07, 6.45) is 0.590. The van der Waals surface area contributed by atoms with Crippen LogP contribution < -0.4 is 0 Å². The van der Waals surface area contributed by atoms with Gasteiger partial charge < -0.3 is 9.84 Å². The van der Waals surface area contributed by atoms with Gasteiger partial charge in [-0.15, -0.1) is 0 Å². The number of nitrogens with zero attached hydrogens (tertiary/aromatic N) is 3. The van der Waals surface area contributed by atoms with Crippen LogP contribution in [-0.4, -0.2) is 51.6 Å². The first-order valence-electron chi connectivity index (χ1n) is 6.77. The average molecular weight is 302 g/mol. The van der Waals surface area contributed by atoms with E-state index >= 15 is 0 Å². The monoisotopic (exact) mass is 301 g/mol. The Balaban J connectivity index is 2.02. The van der Waals surface area contributed by atoms with Crippen LogP contribution in [0.3, 0.4) is 0 Å². The molecular weight excluding hydrogens is 282 g/mol. The molecule has 6 nitrogen and oxygen atoms in total. The van der Waals surface area contributed by atoms with E-state index < -0.39 is 5.97 Å². The molecule has 1 unspecified atom stereocenters. The molecule has 112 valence electrons. The van der Waals surface area contributed by atoms with Crippen molar-refractivity contribution in [2.45, 2.75) is 32.4 Å². The molecule has 2 rings (SSSR count). The summed E-state index contributed by atoms with van der Waals surface area (Å²) in [7, 11) is 1.88. The molecule has 0 amide bonds. The highest BCUT2D eigenvalue weighted by Crippen LogP contribution is 2.23. The number of rotatable bonds is 5. The van der Waals surface area contributed by atoms with Crippen LogP contribution in [0.5, 0.6) is 0 Å². The van der Waals surface area contributed by atoms with E-state index in [0.29, 0.717) is 19.7 Å². The zero-order chi connectivity index (χ0) is 14.7. The fraction of sp³-hybridized carbons (Fsp3) is 0.692. The minimum atomic E-state index is -0.830. The second kappa shape index (κ2) is 6.56. The average Bonchev–Trinajstić information content (AvgIpc) is 2.66. The van der Waals surface area contributed by atoms with Crippen molar-refractivity contribution in [3.05, 3.63) is 16.4 Å². The SMILES string of the molecule is CCc1nn(C)c(CN2CCOC(CC(=O)O)C2)c1Cl. The zero-order valence-corrected chi connectivity index (χ0v) is 12.6. The maximum atomic E-state index is 10.7. The third-order valence-electron chi connectivity index (χ3n) is 3.50. The Labute approximate surface area is 123 Å². The first-order valence-corrected chi connectivity index (χ1v) is 7.15. The van der Waals surface area contributed by atoms with E-state index in [1.165, 1.54) is 0 Å². The molecule has 0 saturated carbocycles. The van der Waals surface area contributed by atoms with Crippen molar-refractivity contribution in [3.8, 4) is 0 Å². The topological polar surface area (TPSA) is 67.6 Å². The van der Waals surface area contributed by atoms with Crippen molar-refractivity contribution in [2.24, 2.45) is 7.05 Å². The molecule has 1 atom stereocenters. The van der Waals surface area contributed by atoms with Crippen molar-refractivity contribution >= 4 is 17.6 Å². The molecule has 1 aliphatic rings. The molecule has 0 bridgehead atoms. The van der Waals surface area contributed by atoms with E-state index in [0.717, 1.165) is 29.4 Å². The quantitative estimate of drug-likeness (QED) is 0.888. The second-order valence-corrected chi connectivity index (χ2v) is 5.39. The number of ether oxygens (including phenoxy) is 1. The van der Waals surface area contributed by atoms with Gasteiger partial charge in [-0.2, -0.15) is 5.10 Å². The molecule has 1 aliphatic heterocycles. The van der Waals surface area contributed by atoms with Gasteiger partial charge in [-0.05, 0) is 6.42 Å². The van der Waals surface area contributed by atoms with Crippen molar-refractivity contribution in [1.29, 1.82) is 0 Å². The van der Waals surface area contributed by atoms with Crippen LogP contribution in [0.1, 0.15) is 24.7 Å². The number of aromatic nitrogens is 2. The number of aryl methyl sites for hydroxylation is 2. The summed E-state index contributed by atoms with van der Waals surface area (Å²) < 4.78 is 7.27. The highest BCUT2D eigenvalue weighted by atomic mass is 35.5. The molecular formula is C13H20ClN3O3. The fourth-order valence-electron chi connectivity index (χ4n) is 2.45. The Morgan fingerprint density at radius 2 is 2.35 bits per heavy atom. The third-order valence-corrected chi connectivity index (χ3v) is 3.94. The molecule has 0 aromatic carbocycles. The summed E-state index contributed by atoms with van der Waals surface area (Å²) in [5, 5.41) is 13.9. The molecule has 7 heteroatoms. The van der Waals surface area contributed by atoms with Crippen LogP contribution >= 0.6 is 11.6 Å². The largest absolute Gasteiger partial charge is 0.481 e. The van der Waals surface area contributed by atoms with Gasteiger partial charge in [0.2, 0.25) is 0 Å². The Morgan fingerprint density at radius 1 is 1.60 bits per heavy atom. The molecule has 1 saturated heterocycles. The molecule has 0 spiro atoms. The van der Waals surface area contributed by atoms with Crippen LogP contribution in [0.2, 0.25) is 5.02 Å². The minimum absolute atomic E-state index is 0.0375. The Hall–Kier alpha value is -1.11. The van der Waals surface area contributed by atoms with Gasteiger partial charge in [-0.1, -0.05) is 18.5 Å². The second-order valence-electron chi connectivity index (χ2n) is 5.01. The van der Waals surface area contributed by atoms with Crippen molar-refractivity contribution < 1.29 is 14.6 Å². The van der Waals surface area contributed by atoms with Gasteiger partial charge in [0.25, 0.3) is 0 Å². The third kappa shape index (κ3) is 3.50.